The number of Topliss-reactive ketones (excluding diaryl/α,β-unsaturated/α-hetero) is 1. The van der Waals surface area contributed by atoms with Crippen molar-refractivity contribution < 1.29 is 22.8 Å². The molecule has 11 heteroatoms. The third-order valence-corrected chi connectivity index (χ3v) is 14.4. The minimum absolute atomic E-state index is 0.118. The van der Waals surface area contributed by atoms with Crippen molar-refractivity contribution >= 4 is 23.4 Å². The third kappa shape index (κ3) is 6.01. The summed E-state index contributed by atoms with van der Waals surface area (Å²) in [6.45, 7) is 17.4. The second-order valence-electron chi connectivity index (χ2n) is 9.76. The molecule has 1 fully saturated rings. The van der Waals surface area contributed by atoms with Crippen LogP contribution in [0, 0.1) is 0 Å². The van der Waals surface area contributed by atoms with E-state index in [2.05, 4.69) is 60.4 Å². The van der Waals surface area contributed by atoms with Gasteiger partial charge in [-0.05, 0) is 22.2 Å². The van der Waals surface area contributed by atoms with E-state index in [0.717, 1.165) is 4.57 Å². The number of H-pyrrole nitrogens is 1. The van der Waals surface area contributed by atoms with E-state index in [4.69, 9.17) is 18.0 Å². The van der Waals surface area contributed by atoms with Crippen LogP contribution in [-0.4, -0.2) is 58.9 Å². The Bertz CT molecular complexity index is 896. The maximum Gasteiger partial charge on any atom is 0.333 e. The van der Waals surface area contributed by atoms with Crippen LogP contribution >= 0.6 is 0 Å². The van der Waals surface area contributed by atoms with Gasteiger partial charge in [0.15, 0.2) is 0 Å². The molecule has 0 saturated carbocycles. The lowest BCUT2D eigenvalue weighted by atomic mass is 10.1. The van der Waals surface area contributed by atoms with Gasteiger partial charge in [-0.2, -0.15) is 0 Å². The number of hydrogen-bond acceptors (Lipinski definition) is 7. The van der Waals surface area contributed by atoms with Crippen LogP contribution in [0.15, 0.2) is 21.9 Å². The van der Waals surface area contributed by atoms with Gasteiger partial charge in [-0.1, -0.05) is 55.4 Å². The first-order valence-electron chi connectivity index (χ1n) is 11.6. The minimum Gasteiger partial charge on any atom is -0.435 e. The first-order chi connectivity index (χ1) is 15.3. The number of carbonyl (C=O) groups excluding carboxylic acids is 1. The van der Waals surface area contributed by atoms with E-state index in [0.29, 0.717) is 11.1 Å². The Morgan fingerprint density at radius 2 is 1.64 bits per heavy atom. The molecule has 2 rings (SSSR count). The van der Waals surface area contributed by atoms with Gasteiger partial charge in [-0.25, -0.2) is 4.79 Å². The average molecular weight is 500 g/mol. The summed E-state index contributed by atoms with van der Waals surface area (Å²) < 4.78 is 26.0. The predicted molar refractivity (Wildman–Crippen MR) is 130 cm³/mol. The lowest BCUT2D eigenvalue weighted by Gasteiger charge is -2.42. The molecular formula is C22H39N2O7Si2. The molecule has 0 aliphatic carbocycles. The number of carbonyl (C=O) groups is 1. The number of nitrogens with zero attached hydrogens (tertiary/aromatic N) is 1. The number of ketones is 1. The number of methoxy groups -OCH3 is 1. The number of nitrogens with one attached hydrogen (secondary N) is 1. The van der Waals surface area contributed by atoms with Crippen molar-refractivity contribution in [1.82, 2.24) is 9.55 Å². The summed E-state index contributed by atoms with van der Waals surface area (Å²) in [6, 6.07) is 1.17. The summed E-state index contributed by atoms with van der Waals surface area (Å²) in [5.74, 6) is -0.392. The van der Waals surface area contributed by atoms with Crippen LogP contribution in [-0.2, 0) is 22.8 Å². The first-order valence-corrected chi connectivity index (χ1v) is 15.1. The Morgan fingerprint density at radius 3 is 2.09 bits per heavy atom. The zero-order valence-corrected chi connectivity index (χ0v) is 23.2. The lowest BCUT2D eigenvalue weighted by molar-refractivity contribution is -0.131. The summed E-state index contributed by atoms with van der Waals surface area (Å²) in [6.07, 6.45) is -1.52. The smallest absolute Gasteiger partial charge is 0.333 e. The van der Waals surface area contributed by atoms with Crippen molar-refractivity contribution in [3.63, 3.8) is 0 Å². The zero-order valence-electron chi connectivity index (χ0n) is 21.2. The van der Waals surface area contributed by atoms with Crippen LogP contribution in [0.3, 0.4) is 0 Å². The summed E-state index contributed by atoms with van der Waals surface area (Å²) in [7, 11) is -2.42. The number of aromatic nitrogens is 2. The highest BCUT2D eigenvalue weighted by Gasteiger charge is 2.51. The Kier molecular flexibility index (Phi) is 9.60. The van der Waals surface area contributed by atoms with Gasteiger partial charge in [-0.3, -0.25) is 19.1 Å². The Hall–Kier alpha value is -1.38. The quantitative estimate of drug-likeness (QED) is 0.466. The fraction of sp³-hybridized carbons (Fsp3) is 0.773. The summed E-state index contributed by atoms with van der Waals surface area (Å²) in [4.78, 5) is 38.7. The highest BCUT2D eigenvalue weighted by molar-refractivity contribution is 6.78. The molecular weight excluding hydrogens is 460 g/mol. The van der Waals surface area contributed by atoms with Crippen LogP contribution < -0.4 is 11.2 Å². The Balaban J connectivity index is 2.30. The number of rotatable bonds is 11. The van der Waals surface area contributed by atoms with E-state index in [1.54, 1.807) is 0 Å². The highest BCUT2D eigenvalue weighted by atomic mass is 28.4. The van der Waals surface area contributed by atoms with Gasteiger partial charge in [0.25, 0.3) is 5.56 Å². The molecule has 1 aromatic heterocycles. The van der Waals surface area contributed by atoms with Gasteiger partial charge in [0.2, 0.25) is 21.1 Å². The molecule has 0 aromatic carbocycles. The van der Waals surface area contributed by atoms with Crippen LogP contribution in [0.2, 0.25) is 22.2 Å². The van der Waals surface area contributed by atoms with E-state index >= 15 is 0 Å². The zero-order chi connectivity index (χ0) is 25.1. The van der Waals surface area contributed by atoms with E-state index in [-0.39, 0.29) is 17.7 Å². The molecule has 1 aliphatic heterocycles. The Labute approximate surface area is 198 Å². The molecule has 0 bridgehead atoms. The summed E-state index contributed by atoms with van der Waals surface area (Å²) in [5, 5.41) is 0. The monoisotopic (exact) mass is 499 g/mol. The molecule has 33 heavy (non-hydrogen) atoms. The van der Waals surface area contributed by atoms with Gasteiger partial charge in [-0.15, -0.1) is 0 Å². The Morgan fingerprint density at radius 1 is 1.06 bits per heavy atom. The second kappa shape index (κ2) is 11.4. The molecule has 3 atom stereocenters. The van der Waals surface area contributed by atoms with Crippen molar-refractivity contribution in [3.8, 4) is 0 Å². The van der Waals surface area contributed by atoms with Crippen LogP contribution in [0.4, 0.5) is 0 Å². The second-order valence-corrected chi connectivity index (χ2v) is 17.7. The normalized spacial score (nSPS) is 22.0. The van der Waals surface area contributed by atoms with Gasteiger partial charge in [0.05, 0.1) is 6.61 Å². The number of aromatic amines is 1. The average Bonchev–Trinajstić information content (AvgIpc) is 3.02. The van der Waals surface area contributed by atoms with Crippen LogP contribution in [0.5, 0.6) is 0 Å². The van der Waals surface area contributed by atoms with Crippen molar-refractivity contribution in [3.05, 3.63) is 33.1 Å². The topological polar surface area (TPSA) is 109 Å². The van der Waals surface area contributed by atoms with E-state index in [9.17, 15) is 14.4 Å². The fourth-order valence-electron chi connectivity index (χ4n) is 4.40. The SMILES string of the molecule is CO[C@H]1C(=O)[C@H](n2ccc(=O)[nH]c2=O)O[C@@H]1CO[Si](O[Si](C(C)C)C(C)C)(C(C)C)C(C)C. The summed E-state index contributed by atoms with van der Waals surface area (Å²) >= 11 is 0. The third-order valence-electron chi connectivity index (χ3n) is 6.02. The lowest BCUT2D eigenvalue weighted by Crippen LogP contribution is -2.54. The van der Waals surface area contributed by atoms with E-state index < -0.39 is 53.1 Å². The maximum absolute atomic E-state index is 13.0. The highest BCUT2D eigenvalue weighted by Crippen LogP contribution is 2.39. The van der Waals surface area contributed by atoms with Crippen molar-refractivity contribution in [2.75, 3.05) is 13.7 Å². The molecule has 1 aromatic rings. The molecule has 9 nitrogen and oxygen atoms in total. The summed E-state index contributed by atoms with van der Waals surface area (Å²) in [5.41, 5.74) is -0.0307. The van der Waals surface area contributed by atoms with Crippen LogP contribution in [0.1, 0.15) is 61.6 Å². The number of ether oxygens (including phenoxy) is 2. The van der Waals surface area contributed by atoms with Gasteiger partial charge in [0.1, 0.15) is 12.2 Å². The molecule has 1 N–H and O–H groups in total. The fourth-order valence-corrected chi connectivity index (χ4v) is 13.6. The molecule has 0 unspecified atom stereocenters. The molecule has 0 amide bonds. The van der Waals surface area contributed by atoms with Gasteiger partial charge >= 0.3 is 14.3 Å². The molecule has 1 aliphatic rings. The predicted octanol–water partition coefficient (Wildman–Crippen LogP) is 3.13. The van der Waals surface area contributed by atoms with Crippen molar-refractivity contribution in [2.24, 2.45) is 0 Å². The van der Waals surface area contributed by atoms with Crippen molar-refractivity contribution in [1.29, 1.82) is 0 Å². The molecule has 0 spiro atoms. The largest absolute Gasteiger partial charge is 0.435 e. The van der Waals surface area contributed by atoms with Gasteiger partial charge in [0, 0.05) is 19.4 Å². The van der Waals surface area contributed by atoms with E-state index in [1.807, 2.05) is 0 Å². The van der Waals surface area contributed by atoms with E-state index in [1.165, 1.54) is 19.4 Å². The van der Waals surface area contributed by atoms with Crippen LogP contribution in [0.25, 0.3) is 0 Å². The molecule has 1 saturated heterocycles. The first kappa shape index (κ1) is 27.9. The molecule has 1 radical (unpaired) electrons. The van der Waals surface area contributed by atoms with Gasteiger partial charge < -0.3 is 18.0 Å². The molecule has 187 valence electrons. The number of hydrogen-bond donors (Lipinski definition) is 1. The minimum atomic E-state index is -2.71. The molecule has 2 heterocycles. The maximum atomic E-state index is 13.0. The van der Waals surface area contributed by atoms with Crippen molar-refractivity contribution in [2.45, 2.75) is 96.0 Å². The standard InChI is InChI=1S/C22H39N2O7Si2/c1-13(2)32(14(3)4)31-33(15(5)6,16(7)8)29-12-17-20(28-9)19(26)21(30-17)24-11-10-18(25)23-22(24)27/h10-11,13-17,20-21H,12H2,1-9H3,(H,23,25,27)/t17-,20-,21-/m1/s1.